The van der Waals surface area contributed by atoms with E-state index in [9.17, 15) is 18.0 Å². The summed E-state index contributed by atoms with van der Waals surface area (Å²) in [6, 6.07) is 8.71. The van der Waals surface area contributed by atoms with Gasteiger partial charge in [0.15, 0.2) is 6.10 Å². The third kappa shape index (κ3) is 5.13. The van der Waals surface area contributed by atoms with Gasteiger partial charge in [-0.3, -0.25) is 4.79 Å². The first-order chi connectivity index (χ1) is 11.6. The highest BCUT2D eigenvalue weighted by Crippen LogP contribution is 2.36. The quantitative estimate of drug-likeness (QED) is 0.783. The molecule has 1 atom stereocenters. The molecule has 0 heterocycles. The number of carbonyl (C=O) groups excluding carboxylic acids is 1. The summed E-state index contributed by atoms with van der Waals surface area (Å²) in [5, 5.41) is 1.98. The van der Waals surface area contributed by atoms with E-state index in [1.54, 1.807) is 12.1 Å². The Kier molecular flexibility index (Phi) is 5.62. The zero-order valence-corrected chi connectivity index (χ0v) is 14.6. The molecule has 0 radical (unpaired) electrons. The second kappa shape index (κ2) is 7.35. The van der Waals surface area contributed by atoms with Gasteiger partial charge in [-0.25, -0.2) is 0 Å². The van der Waals surface area contributed by atoms with Crippen LogP contribution in [0.4, 0.5) is 18.9 Å². The van der Waals surface area contributed by atoms with Gasteiger partial charge in [-0.15, -0.1) is 0 Å². The largest absolute Gasteiger partial charge is 0.481 e. The molecule has 0 saturated heterocycles. The molecule has 0 spiro atoms. The van der Waals surface area contributed by atoms with E-state index < -0.39 is 28.8 Å². The van der Waals surface area contributed by atoms with Crippen LogP contribution in [0.2, 0.25) is 5.02 Å². The summed E-state index contributed by atoms with van der Waals surface area (Å²) in [5.74, 6) is -0.0400. The number of halogens is 4. The Morgan fingerprint density at radius 3 is 2.28 bits per heavy atom. The Morgan fingerprint density at radius 2 is 1.72 bits per heavy atom. The maximum absolute atomic E-state index is 12.9. The summed E-state index contributed by atoms with van der Waals surface area (Å²) in [5.41, 5.74) is 0.956. The number of carbonyl (C=O) groups is 1. The van der Waals surface area contributed by atoms with Crippen LogP contribution in [-0.2, 0) is 11.0 Å². The Balaban J connectivity index is 2.11. The number of anilines is 1. The molecule has 0 unspecified atom stereocenters. The van der Waals surface area contributed by atoms with Crippen molar-refractivity contribution in [1.29, 1.82) is 0 Å². The minimum absolute atomic E-state index is 0.00222. The Morgan fingerprint density at radius 1 is 1.12 bits per heavy atom. The van der Waals surface area contributed by atoms with E-state index in [4.69, 9.17) is 16.3 Å². The molecule has 2 aromatic rings. The minimum Gasteiger partial charge on any atom is -0.481 e. The van der Waals surface area contributed by atoms with Gasteiger partial charge in [0.25, 0.3) is 5.91 Å². The maximum atomic E-state index is 12.9. The second-order valence-corrected chi connectivity index (χ2v) is 6.17. The van der Waals surface area contributed by atoms with Crippen LogP contribution in [0.5, 0.6) is 5.75 Å². The van der Waals surface area contributed by atoms with Crippen LogP contribution >= 0.6 is 11.6 Å². The molecular weight excluding hydrogens is 355 g/mol. The number of hydrogen-bond acceptors (Lipinski definition) is 2. The standard InChI is InChI=1S/C18H17ClF3NO2/c1-10-6-11(2)8-14(7-10)25-12(3)17(24)23-13-4-5-16(19)15(9-13)18(20,21)22/h4-9,12H,1-3H3,(H,23,24)/t12-/m1/s1. The molecule has 134 valence electrons. The molecule has 0 aliphatic heterocycles. The van der Waals surface area contributed by atoms with Crippen molar-refractivity contribution in [3.63, 3.8) is 0 Å². The lowest BCUT2D eigenvalue weighted by atomic mass is 10.1. The highest BCUT2D eigenvalue weighted by atomic mass is 35.5. The first-order valence-electron chi connectivity index (χ1n) is 7.49. The molecule has 3 nitrogen and oxygen atoms in total. The zero-order chi connectivity index (χ0) is 18.8. The lowest BCUT2D eigenvalue weighted by Gasteiger charge is -2.16. The van der Waals surface area contributed by atoms with Gasteiger partial charge in [-0.2, -0.15) is 13.2 Å². The molecule has 1 N–H and O–H groups in total. The molecule has 25 heavy (non-hydrogen) atoms. The zero-order valence-electron chi connectivity index (χ0n) is 13.9. The van der Waals surface area contributed by atoms with Crippen molar-refractivity contribution in [2.75, 3.05) is 5.32 Å². The van der Waals surface area contributed by atoms with Gasteiger partial charge >= 0.3 is 6.18 Å². The summed E-state index contributed by atoms with van der Waals surface area (Å²) in [6.07, 6.45) is -5.48. The van der Waals surface area contributed by atoms with E-state index in [2.05, 4.69) is 5.32 Å². The van der Waals surface area contributed by atoms with Crippen LogP contribution in [-0.4, -0.2) is 12.0 Å². The lowest BCUT2D eigenvalue weighted by Crippen LogP contribution is -2.30. The first-order valence-corrected chi connectivity index (χ1v) is 7.86. The van der Waals surface area contributed by atoms with Gasteiger partial charge in [0.05, 0.1) is 10.6 Å². The van der Waals surface area contributed by atoms with Gasteiger partial charge in [0.1, 0.15) is 5.75 Å². The number of ether oxygens (including phenoxy) is 1. The number of amides is 1. The Hall–Kier alpha value is -2.21. The molecule has 0 fully saturated rings. The summed E-state index contributed by atoms with van der Waals surface area (Å²) in [6.45, 7) is 5.32. The van der Waals surface area contributed by atoms with Crippen molar-refractivity contribution >= 4 is 23.2 Å². The number of nitrogens with one attached hydrogen (secondary N) is 1. The van der Waals surface area contributed by atoms with Crippen LogP contribution in [0, 0.1) is 13.8 Å². The van der Waals surface area contributed by atoms with Crippen LogP contribution in [0.25, 0.3) is 0 Å². The van der Waals surface area contributed by atoms with E-state index in [0.29, 0.717) is 5.75 Å². The van der Waals surface area contributed by atoms with Crippen LogP contribution in [0.1, 0.15) is 23.6 Å². The third-order valence-corrected chi connectivity index (χ3v) is 3.75. The van der Waals surface area contributed by atoms with Crippen molar-refractivity contribution in [3.8, 4) is 5.75 Å². The van der Waals surface area contributed by atoms with Crippen molar-refractivity contribution in [3.05, 3.63) is 58.1 Å². The fourth-order valence-corrected chi connectivity index (χ4v) is 2.55. The van der Waals surface area contributed by atoms with Gasteiger partial charge in [-0.05, 0) is 62.2 Å². The average molecular weight is 372 g/mol. The number of aryl methyl sites for hydroxylation is 2. The topological polar surface area (TPSA) is 38.3 Å². The van der Waals surface area contributed by atoms with Crippen molar-refractivity contribution in [2.45, 2.75) is 33.1 Å². The monoisotopic (exact) mass is 371 g/mol. The minimum atomic E-state index is -4.60. The molecule has 0 saturated carbocycles. The maximum Gasteiger partial charge on any atom is 0.417 e. The normalized spacial score (nSPS) is 12.6. The van der Waals surface area contributed by atoms with E-state index in [-0.39, 0.29) is 5.69 Å². The predicted molar refractivity (Wildman–Crippen MR) is 91.1 cm³/mol. The SMILES string of the molecule is Cc1cc(C)cc(O[C@H](C)C(=O)Nc2ccc(Cl)c(C(F)(F)F)c2)c1. The second-order valence-electron chi connectivity index (χ2n) is 5.77. The van der Waals surface area contributed by atoms with E-state index >= 15 is 0 Å². The summed E-state index contributed by atoms with van der Waals surface area (Å²) in [4.78, 5) is 12.2. The summed E-state index contributed by atoms with van der Waals surface area (Å²) in [7, 11) is 0. The highest BCUT2D eigenvalue weighted by Gasteiger charge is 2.33. The van der Waals surface area contributed by atoms with E-state index in [1.807, 2.05) is 19.9 Å². The van der Waals surface area contributed by atoms with Crippen LogP contribution < -0.4 is 10.1 Å². The molecule has 0 aliphatic carbocycles. The molecule has 2 aromatic carbocycles. The summed E-state index contributed by atoms with van der Waals surface area (Å²) >= 11 is 5.56. The van der Waals surface area contributed by atoms with Crippen LogP contribution in [0.15, 0.2) is 36.4 Å². The van der Waals surface area contributed by atoms with Gasteiger partial charge in [0, 0.05) is 5.69 Å². The van der Waals surface area contributed by atoms with Crippen molar-refractivity contribution in [1.82, 2.24) is 0 Å². The lowest BCUT2D eigenvalue weighted by molar-refractivity contribution is -0.137. The number of alkyl halides is 3. The van der Waals surface area contributed by atoms with Gasteiger partial charge in [-0.1, -0.05) is 17.7 Å². The Bertz CT molecular complexity index is 770. The van der Waals surface area contributed by atoms with Gasteiger partial charge in [0.2, 0.25) is 0 Å². The third-order valence-electron chi connectivity index (χ3n) is 3.42. The summed E-state index contributed by atoms with van der Waals surface area (Å²) < 4.78 is 44.2. The molecule has 0 aromatic heterocycles. The molecule has 2 rings (SSSR count). The van der Waals surface area contributed by atoms with E-state index in [1.165, 1.54) is 13.0 Å². The van der Waals surface area contributed by atoms with Crippen molar-refractivity contribution in [2.24, 2.45) is 0 Å². The molecule has 0 bridgehead atoms. The number of rotatable bonds is 4. The predicted octanol–water partition coefficient (Wildman–Crippen LogP) is 5.38. The molecule has 0 aliphatic rings. The molecule has 7 heteroatoms. The smallest absolute Gasteiger partial charge is 0.417 e. The average Bonchev–Trinajstić information content (AvgIpc) is 2.46. The van der Waals surface area contributed by atoms with E-state index in [0.717, 1.165) is 23.3 Å². The number of benzene rings is 2. The van der Waals surface area contributed by atoms with Crippen molar-refractivity contribution < 1.29 is 22.7 Å². The molecule has 1 amide bonds. The van der Waals surface area contributed by atoms with Gasteiger partial charge < -0.3 is 10.1 Å². The highest BCUT2D eigenvalue weighted by molar-refractivity contribution is 6.31. The fraction of sp³-hybridized carbons (Fsp3) is 0.278. The Labute approximate surface area is 148 Å². The fourth-order valence-electron chi connectivity index (χ4n) is 2.32. The van der Waals surface area contributed by atoms with Crippen LogP contribution in [0.3, 0.4) is 0 Å². The molecular formula is C18H17ClF3NO2. The number of hydrogen-bond donors (Lipinski definition) is 1. The first kappa shape index (κ1) is 19.1.